The molecule has 1 amide bonds. The lowest BCUT2D eigenvalue weighted by Crippen LogP contribution is -2.37. The van der Waals surface area contributed by atoms with Gasteiger partial charge in [-0.1, -0.05) is 19.1 Å². The third kappa shape index (κ3) is 7.74. The molecule has 21 heavy (non-hydrogen) atoms. The Labute approximate surface area is 142 Å². The van der Waals surface area contributed by atoms with E-state index >= 15 is 0 Å². The average molecular weight is 406 g/mol. The van der Waals surface area contributed by atoms with Gasteiger partial charge >= 0.3 is 6.09 Å². The van der Waals surface area contributed by atoms with Gasteiger partial charge in [-0.2, -0.15) is 0 Å². The van der Waals surface area contributed by atoms with E-state index in [9.17, 15) is 4.79 Å². The number of hydrogen-bond donors (Lipinski definition) is 3. The van der Waals surface area contributed by atoms with E-state index in [0.717, 1.165) is 24.5 Å². The minimum Gasteiger partial charge on any atom is -0.453 e. The first-order chi connectivity index (χ1) is 9.69. The predicted molar refractivity (Wildman–Crippen MR) is 96.4 cm³/mol. The Hall–Kier alpha value is -1.51. The number of rotatable bonds is 5. The summed E-state index contributed by atoms with van der Waals surface area (Å²) in [7, 11) is 3.08. The highest BCUT2D eigenvalue weighted by Gasteiger charge is 2.01. The lowest BCUT2D eigenvalue weighted by Gasteiger charge is -2.11. The van der Waals surface area contributed by atoms with Crippen molar-refractivity contribution in [3.63, 3.8) is 0 Å². The van der Waals surface area contributed by atoms with Crippen LogP contribution in [0.5, 0.6) is 0 Å². The molecule has 0 spiro atoms. The first kappa shape index (κ1) is 19.5. The summed E-state index contributed by atoms with van der Waals surface area (Å²) in [5.74, 6) is 0.781. The molecule has 1 rings (SSSR count). The minimum atomic E-state index is -0.472. The minimum absolute atomic E-state index is 0. The number of nitrogens with one attached hydrogen (secondary N) is 3. The van der Waals surface area contributed by atoms with E-state index in [4.69, 9.17) is 0 Å². The van der Waals surface area contributed by atoms with Crippen molar-refractivity contribution in [2.45, 2.75) is 19.9 Å². The molecule has 0 fully saturated rings. The van der Waals surface area contributed by atoms with E-state index in [1.807, 2.05) is 24.3 Å². The number of halogens is 1. The normalized spacial score (nSPS) is 10.3. The van der Waals surface area contributed by atoms with Gasteiger partial charge in [0.2, 0.25) is 0 Å². The second-order valence-corrected chi connectivity index (χ2v) is 4.17. The smallest absolute Gasteiger partial charge is 0.411 e. The molecule has 0 aliphatic carbocycles. The Bertz CT molecular complexity index is 449. The largest absolute Gasteiger partial charge is 0.453 e. The molecule has 0 saturated heterocycles. The van der Waals surface area contributed by atoms with Gasteiger partial charge in [0.05, 0.1) is 7.11 Å². The van der Waals surface area contributed by atoms with Crippen LogP contribution in [0, 0.1) is 0 Å². The molecule has 1 aromatic carbocycles. The molecular weight excluding hydrogens is 383 g/mol. The molecule has 6 nitrogen and oxygen atoms in total. The fraction of sp³-hybridized carbons (Fsp3) is 0.429. The quantitative estimate of drug-likeness (QED) is 0.399. The molecule has 0 saturated carbocycles. The van der Waals surface area contributed by atoms with Crippen LogP contribution in [0.15, 0.2) is 29.3 Å². The van der Waals surface area contributed by atoms with Crippen molar-refractivity contribution in [2.75, 3.05) is 26.0 Å². The van der Waals surface area contributed by atoms with E-state index in [-0.39, 0.29) is 24.0 Å². The predicted octanol–water partition coefficient (Wildman–Crippen LogP) is 2.56. The van der Waals surface area contributed by atoms with Crippen molar-refractivity contribution in [2.24, 2.45) is 4.99 Å². The highest BCUT2D eigenvalue weighted by atomic mass is 127. The van der Waals surface area contributed by atoms with Gasteiger partial charge in [0.1, 0.15) is 0 Å². The Morgan fingerprint density at radius 2 is 1.90 bits per heavy atom. The Morgan fingerprint density at radius 3 is 2.43 bits per heavy atom. The van der Waals surface area contributed by atoms with E-state index < -0.39 is 6.09 Å². The number of nitrogens with zero attached hydrogens (tertiary/aromatic N) is 1. The van der Waals surface area contributed by atoms with Gasteiger partial charge in [-0.3, -0.25) is 10.3 Å². The number of carbonyl (C=O) groups is 1. The average Bonchev–Trinajstić information content (AvgIpc) is 2.49. The monoisotopic (exact) mass is 406 g/mol. The summed E-state index contributed by atoms with van der Waals surface area (Å²) in [6, 6.07) is 7.53. The maximum absolute atomic E-state index is 11.1. The first-order valence-corrected chi connectivity index (χ1v) is 6.58. The van der Waals surface area contributed by atoms with Gasteiger partial charge in [0.15, 0.2) is 5.96 Å². The molecule has 0 unspecified atom stereocenters. The number of methoxy groups -OCH3 is 1. The van der Waals surface area contributed by atoms with E-state index in [2.05, 4.69) is 32.6 Å². The van der Waals surface area contributed by atoms with Gasteiger partial charge in [-0.15, -0.1) is 24.0 Å². The van der Waals surface area contributed by atoms with E-state index in [1.165, 1.54) is 7.11 Å². The first-order valence-electron chi connectivity index (χ1n) is 6.58. The Balaban J connectivity index is 0.00000400. The molecule has 0 atom stereocenters. The number of amides is 1. The second-order valence-electron chi connectivity index (χ2n) is 4.17. The number of guanidine groups is 1. The summed E-state index contributed by atoms with van der Waals surface area (Å²) in [6.07, 6.45) is 0.578. The lowest BCUT2D eigenvalue weighted by atomic mass is 10.2. The molecule has 1 aromatic rings. The molecule has 0 aliphatic heterocycles. The molecule has 0 heterocycles. The van der Waals surface area contributed by atoms with Gasteiger partial charge in [0.25, 0.3) is 0 Å². The SMILES string of the molecule is CCCNC(=NC)NCc1ccc(NC(=O)OC)cc1.I. The molecule has 3 N–H and O–H groups in total. The number of anilines is 1. The summed E-state index contributed by atoms with van der Waals surface area (Å²) in [5.41, 5.74) is 1.80. The summed E-state index contributed by atoms with van der Waals surface area (Å²) in [6.45, 7) is 3.66. The summed E-state index contributed by atoms with van der Waals surface area (Å²) >= 11 is 0. The zero-order valence-corrected chi connectivity index (χ0v) is 14.9. The fourth-order valence-electron chi connectivity index (χ4n) is 1.52. The van der Waals surface area contributed by atoms with E-state index in [1.54, 1.807) is 7.05 Å². The van der Waals surface area contributed by atoms with Gasteiger partial charge in [0, 0.05) is 25.8 Å². The van der Waals surface area contributed by atoms with Crippen LogP contribution in [0.3, 0.4) is 0 Å². The highest BCUT2D eigenvalue weighted by molar-refractivity contribution is 14.0. The van der Waals surface area contributed by atoms with Gasteiger partial charge in [-0.25, -0.2) is 4.79 Å². The van der Waals surface area contributed by atoms with Crippen molar-refractivity contribution >= 4 is 41.7 Å². The Kier molecular flexibility index (Phi) is 10.4. The van der Waals surface area contributed by atoms with Gasteiger partial charge < -0.3 is 15.4 Å². The Morgan fingerprint density at radius 1 is 1.24 bits per heavy atom. The van der Waals surface area contributed by atoms with Gasteiger partial charge in [-0.05, 0) is 24.1 Å². The summed E-state index contributed by atoms with van der Waals surface area (Å²) < 4.78 is 4.53. The number of hydrogen-bond acceptors (Lipinski definition) is 3. The maximum Gasteiger partial charge on any atom is 0.411 e. The number of ether oxygens (including phenoxy) is 1. The molecule has 118 valence electrons. The van der Waals surface area contributed by atoms with Crippen LogP contribution in [-0.2, 0) is 11.3 Å². The zero-order valence-electron chi connectivity index (χ0n) is 12.6. The van der Waals surface area contributed by atoms with Crippen LogP contribution >= 0.6 is 24.0 Å². The summed E-state index contributed by atoms with van der Waals surface area (Å²) in [4.78, 5) is 15.2. The second kappa shape index (κ2) is 11.2. The fourth-order valence-corrected chi connectivity index (χ4v) is 1.52. The van der Waals surface area contributed by atoms with Crippen LogP contribution in [0.25, 0.3) is 0 Å². The molecular formula is C14H23IN4O2. The number of benzene rings is 1. The number of carbonyl (C=O) groups excluding carboxylic acids is 1. The molecule has 0 bridgehead atoms. The topological polar surface area (TPSA) is 74.8 Å². The van der Waals surface area contributed by atoms with Crippen LogP contribution in [0.1, 0.15) is 18.9 Å². The molecule has 0 radical (unpaired) electrons. The number of aliphatic imine (C=N–C) groups is 1. The molecule has 7 heteroatoms. The van der Waals surface area contributed by atoms with Crippen molar-refractivity contribution in [3.8, 4) is 0 Å². The van der Waals surface area contributed by atoms with E-state index in [0.29, 0.717) is 12.2 Å². The molecule has 0 aliphatic rings. The third-order valence-electron chi connectivity index (χ3n) is 2.61. The van der Waals surface area contributed by atoms with Crippen molar-refractivity contribution in [1.82, 2.24) is 10.6 Å². The van der Waals surface area contributed by atoms with Crippen LogP contribution in [0.2, 0.25) is 0 Å². The lowest BCUT2D eigenvalue weighted by molar-refractivity contribution is 0.187. The molecule has 0 aromatic heterocycles. The maximum atomic E-state index is 11.1. The van der Waals surface area contributed by atoms with Crippen LogP contribution in [0.4, 0.5) is 10.5 Å². The van der Waals surface area contributed by atoms with Crippen molar-refractivity contribution in [1.29, 1.82) is 0 Å². The van der Waals surface area contributed by atoms with Crippen LogP contribution < -0.4 is 16.0 Å². The standard InChI is InChI=1S/C14H22N4O2.HI/c1-4-9-16-13(15-2)17-10-11-5-7-12(8-6-11)18-14(19)20-3;/h5-8H,4,9-10H2,1-3H3,(H,18,19)(H2,15,16,17);1H. The van der Waals surface area contributed by atoms with Crippen molar-refractivity contribution < 1.29 is 9.53 Å². The van der Waals surface area contributed by atoms with Crippen molar-refractivity contribution in [3.05, 3.63) is 29.8 Å². The highest BCUT2D eigenvalue weighted by Crippen LogP contribution is 2.09. The van der Waals surface area contributed by atoms with Crippen LogP contribution in [-0.4, -0.2) is 32.8 Å². The summed E-state index contributed by atoms with van der Waals surface area (Å²) in [5, 5.41) is 9.02. The third-order valence-corrected chi connectivity index (χ3v) is 2.61. The zero-order chi connectivity index (χ0) is 14.8.